The van der Waals surface area contributed by atoms with E-state index in [2.05, 4.69) is 10.6 Å². The highest BCUT2D eigenvalue weighted by Crippen LogP contribution is 2.08. The van der Waals surface area contributed by atoms with E-state index in [4.69, 9.17) is 10.2 Å². The van der Waals surface area contributed by atoms with Gasteiger partial charge in [-0.3, -0.25) is 0 Å². The minimum atomic E-state index is -1.28. The molecule has 7 heteroatoms. The molecule has 1 heterocycles. The Kier molecular flexibility index (Phi) is 5.60. The molecule has 0 aliphatic heterocycles. The molecule has 6 nitrogen and oxygen atoms in total. The molecule has 0 aromatic carbocycles. The van der Waals surface area contributed by atoms with Gasteiger partial charge < -0.3 is 20.8 Å². The number of hydrogen-bond donors (Lipinski definition) is 4. The molecule has 0 saturated carbocycles. The lowest BCUT2D eigenvalue weighted by atomic mass is 10.1. The van der Waals surface area contributed by atoms with E-state index < -0.39 is 24.6 Å². The van der Waals surface area contributed by atoms with Gasteiger partial charge >= 0.3 is 12.0 Å². The third-order valence-corrected chi connectivity index (χ3v) is 3.02. The van der Waals surface area contributed by atoms with Crippen LogP contribution in [0.1, 0.15) is 12.5 Å². The third kappa shape index (κ3) is 4.72. The Bertz CT molecular complexity index is 394. The SMILES string of the molecule is CC(Cc1ccsc1)NC(=O)NC(CO)C(=O)O. The lowest BCUT2D eigenvalue weighted by molar-refractivity contribution is -0.140. The molecule has 18 heavy (non-hydrogen) atoms. The van der Waals surface area contributed by atoms with E-state index in [-0.39, 0.29) is 6.04 Å². The van der Waals surface area contributed by atoms with Gasteiger partial charge in [-0.1, -0.05) is 0 Å². The van der Waals surface area contributed by atoms with Crippen molar-refractivity contribution in [2.24, 2.45) is 0 Å². The molecule has 0 saturated heterocycles. The molecule has 1 rings (SSSR count). The van der Waals surface area contributed by atoms with Gasteiger partial charge in [0.25, 0.3) is 0 Å². The second kappa shape index (κ2) is 6.97. The molecular weight excluding hydrogens is 256 g/mol. The molecule has 1 aromatic rings. The van der Waals surface area contributed by atoms with Crippen molar-refractivity contribution < 1.29 is 19.8 Å². The fourth-order valence-electron chi connectivity index (χ4n) is 1.42. The number of carboxylic acids is 1. The van der Waals surface area contributed by atoms with Gasteiger partial charge in [0.2, 0.25) is 0 Å². The number of aliphatic hydroxyl groups excluding tert-OH is 1. The number of carboxylic acid groups (broad SMARTS) is 1. The highest BCUT2D eigenvalue weighted by atomic mass is 32.1. The molecule has 2 unspecified atom stereocenters. The van der Waals surface area contributed by atoms with Crippen LogP contribution in [0.5, 0.6) is 0 Å². The Labute approximate surface area is 109 Å². The molecule has 0 spiro atoms. The van der Waals surface area contributed by atoms with E-state index in [1.54, 1.807) is 11.3 Å². The Morgan fingerprint density at radius 3 is 2.67 bits per heavy atom. The highest BCUT2D eigenvalue weighted by molar-refractivity contribution is 7.07. The monoisotopic (exact) mass is 272 g/mol. The Hall–Kier alpha value is -1.60. The van der Waals surface area contributed by atoms with Gasteiger partial charge in [0, 0.05) is 6.04 Å². The van der Waals surface area contributed by atoms with E-state index >= 15 is 0 Å². The first kappa shape index (κ1) is 14.5. The standard InChI is InChI=1S/C11H16N2O4S/c1-7(4-8-2-3-18-6-8)12-11(17)13-9(5-14)10(15)16/h2-3,6-7,9,14H,4-5H2,1H3,(H,15,16)(H2,12,13,17). The van der Waals surface area contributed by atoms with Crippen LogP contribution in [-0.4, -0.2) is 40.9 Å². The zero-order valence-electron chi connectivity index (χ0n) is 9.92. The van der Waals surface area contributed by atoms with Gasteiger partial charge in [0.05, 0.1) is 6.61 Å². The first-order valence-corrected chi connectivity index (χ1v) is 6.39. The Morgan fingerprint density at radius 2 is 2.17 bits per heavy atom. The van der Waals surface area contributed by atoms with Crippen LogP contribution >= 0.6 is 11.3 Å². The van der Waals surface area contributed by atoms with Crippen molar-refractivity contribution in [3.05, 3.63) is 22.4 Å². The molecule has 4 N–H and O–H groups in total. The van der Waals surface area contributed by atoms with E-state index in [1.165, 1.54) is 0 Å². The summed E-state index contributed by atoms with van der Waals surface area (Å²) in [5.41, 5.74) is 1.12. The van der Waals surface area contributed by atoms with Crippen molar-refractivity contribution in [1.29, 1.82) is 0 Å². The van der Waals surface area contributed by atoms with E-state index in [9.17, 15) is 9.59 Å². The summed E-state index contributed by atoms with van der Waals surface area (Å²) in [4.78, 5) is 22.1. The quantitative estimate of drug-likeness (QED) is 0.603. The molecule has 2 atom stereocenters. The molecule has 2 amide bonds. The Morgan fingerprint density at radius 1 is 1.44 bits per heavy atom. The normalized spacial score (nSPS) is 13.7. The maximum Gasteiger partial charge on any atom is 0.328 e. The number of amides is 2. The van der Waals surface area contributed by atoms with Crippen LogP contribution < -0.4 is 10.6 Å². The van der Waals surface area contributed by atoms with Crippen molar-refractivity contribution >= 4 is 23.3 Å². The van der Waals surface area contributed by atoms with Gasteiger partial charge in [0.15, 0.2) is 6.04 Å². The van der Waals surface area contributed by atoms with Gasteiger partial charge in [-0.2, -0.15) is 11.3 Å². The number of aliphatic hydroxyl groups is 1. The summed E-state index contributed by atoms with van der Waals surface area (Å²) in [5.74, 6) is -1.27. The maximum absolute atomic E-state index is 11.5. The molecule has 0 aliphatic carbocycles. The fourth-order valence-corrected chi connectivity index (χ4v) is 2.10. The predicted molar refractivity (Wildman–Crippen MR) is 67.7 cm³/mol. The number of nitrogens with one attached hydrogen (secondary N) is 2. The van der Waals surface area contributed by atoms with E-state index in [1.807, 2.05) is 23.8 Å². The molecule has 1 aromatic heterocycles. The van der Waals surface area contributed by atoms with Gasteiger partial charge in [-0.15, -0.1) is 0 Å². The zero-order valence-corrected chi connectivity index (χ0v) is 10.7. The molecule has 100 valence electrons. The summed E-state index contributed by atoms with van der Waals surface area (Å²) in [5, 5.41) is 26.2. The second-order valence-electron chi connectivity index (χ2n) is 3.93. The smallest absolute Gasteiger partial charge is 0.328 e. The zero-order chi connectivity index (χ0) is 13.5. The number of urea groups is 1. The van der Waals surface area contributed by atoms with Crippen molar-refractivity contribution in [2.45, 2.75) is 25.4 Å². The van der Waals surface area contributed by atoms with Crippen molar-refractivity contribution in [3.63, 3.8) is 0 Å². The summed E-state index contributed by atoms with van der Waals surface area (Å²) in [6, 6.07) is -0.0283. The van der Waals surface area contributed by atoms with Gasteiger partial charge in [-0.05, 0) is 35.7 Å². The lowest BCUT2D eigenvalue weighted by Gasteiger charge is -2.16. The molecule has 0 bridgehead atoms. The van der Waals surface area contributed by atoms with Crippen LogP contribution in [0.2, 0.25) is 0 Å². The second-order valence-corrected chi connectivity index (χ2v) is 4.71. The third-order valence-electron chi connectivity index (χ3n) is 2.29. The topological polar surface area (TPSA) is 98.7 Å². The largest absolute Gasteiger partial charge is 0.480 e. The summed E-state index contributed by atoms with van der Waals surface area (Å²) in [6.07, 6.45) is 0.674. The van der Waals surface area contributed by atoms with Crippen molar-refractivity contribution in [3.8, 4) is 0 Å². The number of carbonyl (C=O) groups excluding carboxylic acids is 1. The molecule has 0 aliphatic rings. The summed E-state index contributed by atoms with van der Waals surface area (Å²) < 4.78 is 0. The Balaban J connectivity index is 2.37. The molecule has 0 fully saturated rings. The maximum atomic E-state index is 11.5. The van der Waals surface area contributed by atoms with Crippen LogP contribution in [-0.2, 0) is 11.2 Å². The highest BCUT2D eigenvalue weighted by Gasteiger charge is 2.19. The number of aliphatic carboxylic acids is 1. The van der Waals surface area contributed by atoms with Crippen LogP contribution in [0.25, 0.3) is 0 Å². The fraction of sp³-hybridized carbons (Fsp3) is 0.455. The van der Waals surface area contributed by atoms with E-state index in [0.29, 0.717) is 6.42 Å². The van der Waals surface area contributed by atoms with Gasteiger partial charge in [0.1, 0.15) is 0 Å². The number of carbonyl (C=O) groups is 2. The number of thiophene rings is 1. The van der Waals surface area contributed by atoms with Crippen molar-refractivity contribution in [2.75, 3.05) is 6.61 Å². The number of rotatable bonds is 6. The summed E-state index contributed by atoms with van der Waals surface area (Å²) in [7, 11) is 0. The van der Waals surface area contributed by atoms with Crippen LogP contribution in [0.4, 0.5) is 4.79 Å². The first-order valence-electron chi connectivity index (χ1n) is 5.44. The lowest BCUT2D eigenvalue weighted by Crippen LogP contribution is -2.50. The predicted octanol–water partition coefficient (Wildman–Crippen LogP) is 0.424. The average molecular weight is 272 g/mol. The summed E-state index contributed by atoms with van der Waals surface area (Å²) in [6.45, 7) is 1.19. The van der Waals surface area contributed by atoms with Gasteiger partial charge in [-0.25, -0.2) is 9.59 Å². The average Bonchev–Trinajstić information content (AvgIpc) is 2.77. The molecular formula is C11H16N2O4S. The number of hydrogen-bond acceptors (Lipinski definition) is 4. The minimum Gasteiger partial charge on any atom is -0.480 e. The molecule has 0 radical (unpaired) electrons. The van der Waals surface area contributed by atoms with Crippen LogP contribution in [0.15, 0.2) is 16.8 Å². The van der Waals surface area contributed by atoms with Crippen LogP contribution in [0, 0.1) is 0 Å². The minimum absolute atomic E-state index is 0.118. The van der Waals surface area contributed by atoms with E-state index in [0.717, 1.165) is 5.56 Å². The first-order chi connectivity index (χ1) is 8.52. The van der Waals surface area contributed by atoms with Crippen molar-refractivity contribution in [1.82, 2.24) is 10.6 Å². The van der Waals surface area contributed by atoms with Crippen LogP contribution in [0.3, 0.4) is 0 Å². The summed E-state index contributed by atoms with van der Waals surface area (Å²) >= 11 is 1.58.